The lowest BCUT2D eigenvalue weighted by atomic mass is 9.81. The minimum absolute atomic E-state index is 0.354. The van der Waals surface area contributed by atoms with E-state index in [4.69, 9.17) is 29.0 Å². The van der Waals surface area contributed by atoms with Crippen molar-refractivity contribution < 1.29 is 0 Å². The van der Waals surface area contributed by atoms with Crippen molar-refractivity contribution in [1.82, 2.24) is 5.43 Å². The summed E-state index contributed by atoms with van der Waals surface area (Å²) in [6.45, 7) is 0. The molecule has 4 unspecified atom stereocenters. The number of halogens is 2. The molecule has 1 aromatic carbocycles. The molecule has 2 bridgehead atoms. The first-order valence-electron chi connectivity index (χ1n) is 7.07. The Hall–Kier alpha value is -0.280. The van der Waals surface area contributed by atoms with Crippen LogP contribution in [0.15, 0.2) is 18.2 Å². The fraction of sp³-hybridized carbons (Fsp3) is 0.600. The van der Waals surface area contributed by atoms with Crippen molar-refractivity contribution in [2.45, 2.75) is 38.1 Å². The van der Waals surface area contributed by atoms with Gasteiger partial charge in [-0.1, -0.05) is 35.7 Å². The molecule has 2 fully saturated rings. The van der Waals surface area contributed by atoms with Crippen molar-refractivity contribution >= 4 is 23.2 Å². The van der Waals surface area contributed by atoms with Gasteiger partial charge in [-0.2, -0.15) is 0 Å². The van der Waals surface area contributed by atoms with Crippen LogP contribution in [0, 0.1) is 17.8 Å². The molecule has 4 atom stereocenters. The van der Waals surface area contributed by atoms with Crippen LogP contribution in [0.4, 0.5) is 0 Å². The van der Waals surface area contributed by atoms with Gasteiger partial charge >= 0.3 is 0 Å². The molecule has 19 heavy (non-hydrogen) atoms. The summed E-state index contributed by atoms with van der Waals surface area (Å²) in [5, 5.41) is 1.24. The summed E-state index contributed by atoms with van der Waals surface area (Å²) in [4.78, 5) is 0. The maximum absolute atomic E-state index is 6.08. The number of fused-ring (bicyclic) bond motifs is 2. The smallest absolute Gasteiger partial charge is 0.0595 e. The number of nitrogens with two attached hydrogens (primary N) is 1. The lowest BCUT2D eigenvalue weighted by Gasteiger charge is -2.30. The number of benzene rings is 1. The molecule has 0 aromatic heterocycles. The Balaban J connectivity index is 1.71. The van der Waals surface area contributed by atoms with Crippen LogP contribution in [0.2, 0.25) is 10.0 Å². The van der Waals surface area contributed by atoms with Crippen molar-refractivity contribution in [3.05, 3.63) is 33.8 Å². The Morgan fingerprint density at radius 1 is 1.21 bits per heavy atom. The molecule has 2 aliphatic rings. The molecular weight excluding hydrogens is 279 g/mol. The van der Waals surface area contributed by atoms with Gasteiger partial charge in [0.1, 0.15) is 0 Å². The van der Waals surface area contributed by atoms with E-state index in [2.05, 4.69) is 5.43 Å². The second-order valence-electron chi connectivity index (χ2n) is 6.06. The van der Waals surface area contributed by atoms with Crippen molar-refractivity contribution in [2.75, 3.05) is 0 Å². The first-order chi connectivity index (χ1) is 9.17. The average Bonchev–Trinajstić information content (AvgIpc) is 3.02. The maximum atomic E-state index is 6.08. The van der Waals surface area contributed by atoms with E-state index in [1.54, 1.807) is 0 Å². The van der Waals surface area contributed by atoms with Crippen LogP contribution in [0.5, 0.6) is 0 Å². The van der Waals surface area contributed by atoms with E-state index in [9.17, 15) is 0 Å². The monoisotopic (exact) mass is 298 g/mol. The summed E-state index contributed by atoms with van der Waals surface area (Å²) >= 11 is 12.0. The van der Waals surface area contributed by atoms with E-state index in [-0.39, 0.29) is 0 Å². The predicted octanol–water partition coefficient (Wildman–Crippen LogP) is 3.80. The summed E-state index contributed by atoms with van der Waals surface area (Å²) in [6, 6.07) is 6.23. The number of hydrogen-bond donors (Lipinski definition) is 2. The van der Waals surface area contributed by atoms with Gasteiger partial charge in [0, 0.05) is 6.04 Å². The summed E-state index contributed by atoms with van der Waals surface area (Å²) in [5.74, 6) is 8.33. The van der Waals surface area contributed by atoms with Crippen LogP contribution in [-0.4, -0.2) is 6.04 Å². The van der Waals surface area contributed by atoms with Crippen LogP contribution >= 0.6 is 23.2 Å². The zero-order chi connectivity index (χ0) is 13.4. The molecule has 3 rings (SSSR count). The molecule has 0 saturated heterocycles. The van der Waals surface area contributed by atoms with Gasteiger partial charge in [0.2, 0.25) is 0 Å². The van der Waals surface area contributed by atoms with E-state index in [1.165, 1.54) is 31.2 Å². The lowest BCUT2D eigenvalue weighted by molar-refractivity contribution is 0.248. The van der Waals surface area contributed by atoms with Gasteiger partial charge in [-0.3, -0.25) is 11.3 Å². The lowest BCUT2D eigenvalue weighted by Crippen LogP contribution is -2.44. The van der Waals surface area contributed by atoms with Crippen LogP contribution in [0.3, 0.4) is 0 Å². The van der Waals surface area contributed by atoms with Crippen LogP contribution < -0.4 is 11.3 Å². The van der Waals surface area contributed by atoms with Gasteiger partial charge in [-0.25, -0.2) is 0 Å². The summed E-state index contributed by atoms with van der Waals surface area (Å²) < 4.78 is 0. The molecule has 2 aliphatic carbocycles. The number of hydrazine groups is 1. The molecule has 0 amide bonds. The van der Waals surface area contributed by atoms with Gasteiger partial charge in [-0.15, -0.1) is 0 Å². The first-order valence-corrected chi connectivity index (χ1v) is 7.83. The molecule has 0 aliphatic heterocycles. The molecule has 104 valence electrons. The SMILES string of the molecule is NNC(Cc1ccc(Cl)c(Cl)c1)C1CC2CCC1C2. The van der Waals surface area contributed by atoms with Crippen molar-refractivity contribution in [3.8, 4) is 0 Å². The van der Waals surface area contributed by atoms with Gasteiger partial charge in [-0.05, 0) is 61.1 Å². The zero-order valence-corrected chi connectivity index (χ0v) is 12.4. The second-order valence-corrected chi connectivity index (χ2v) is 6.88. The fourth-order valence-electron chi connectivity index (χ4n) is 4.04. The highest BCUT2D eigenvalue weighted by Gasteiger charge is 2.42. The third-order valence-corrected chi connectivity index (χ3v) is 5.70. The van der Waals surface area contributed by atoms with Crippen molar-refractivity contribution in [2.24, 2.45) is 23.6 Å². The minimum Gasteiger partial charge on any atom is -0.271 e. The van der Waals surface area contributed by atoms with E-state index in [0.29, 0.717) is 16.1 Å². The third kappa shape index (κ3) is 2.78. The number of hydrogen-bond acceptors (Lipinski definition) is 2. The van der Waals surface area contributed by atoms with E-state index in [1.807, 2.05) is 18.2 Å². The van der Waals surface area contributed by atoms with Gasteiger partial charge < -0.3 is 0 Å². The Morgan fingerprint density at radius 3 is 2.63 bits per heavy atom. The molecular formula is C15H20Cl2N2. The van der Waals surface area contributed by atoms with E-state index < -0.39 is 0 Å². The largest absolute Gasteiger partial charge is 0.271 e. The minimum atomic E-state index is 0.354. The molecule has 2 saturated carbocycles. The quantitative estimate of drug-likeness (QED) is 0.655. The van der Waals surface area contributed by atoms with E-state index in [0.717, 1.165) is 24.2 Å². The molecule has 1 aromatic rings. The Morgan fingerprint density at radius 2 is 2.05 bits per heavy atom. The van der Waals surface area contributed by atoms with Crippen LogP contribution in [0.1, 0.15) is 31.2 Å². The Bertz CT molecular complexity index is 463. The number of nitrogens with one attached hydrogen (secondary N) is 1. The number of rotatable bonds is 4. The zero-order valence-electron chi connectivity index (χ0n) is 10.9. The van der Waals surface area contributed by atoms with Gasteiger partial charge in [0.05, 0.1) is 10.0 Å². The topological polar surface area (TPSA) is 38.0 Å². The summed E-state index contributed by atoms with van der Waals surface area (Å²) in [7, 11) is 0. The van der Waals surface area contributed by atoms with Gasteiger partial charge in [0.25, 0.3) is 0 Å². The molecule has 0 heterocycles. The average molecular weight is 299 g/mol. The van der Waals surface area contributed by atoms with Crippen LogP contribution in [0.25, 0.3) is 0 Å². The van der Waals surface area contributed by atoms with Crippen molar-refractivity contribution in [3.63, 3.8) is 0 Å². The molecule has 0 radical (unpaired) electrons. The van der Waals surface area contributed by atoms with Crippen molar-refractivity contribution in [1.29, 1.82) is 0 Å². The van der Waals surface area contributed by atoms with E-state index >= 15 is 0 Å². The Kier molecular flexibility index (Phi) is 4.04. The maximum Gasteiger partial charge on any atom is 0.0595 e. The predicted molar refractivity (Wildman–Crippen MR) is 80.2 cm³/mol. The van der Waals surface area contributed by atoms with Crippen LogP contribution in [-0.2, 0) is 6.42 Å². The summed E-state index contributed by atoms with van der Waals surface area (Å²) in [5.41, 5.74) is 4.24. The molecule has 0 spiro atoms. The Labute approximate surface area is 124 Å². The fourth-order valence-corrected chi connectivity index (χ4v) is 4.36. The van der Waals surface area contributed by atoms with Gasteiger partial charge in [0.15, 0.2) is 0 Å². The highest BCUT2D eigenvalue weighted by molar-refractivity contribution is 6.42. The standard InChI is InChI=1S/C15H20Cl2N2/c16-13-4-2-10(7-14(13)17)8-15(19-18)12-6-9-1-3-11(12)5-9/h2,4,7,9,11-12,15,19H,1,3,5-6,8,18H2. The first kappa shape index (κ1) is 13.7. The highest BCUT2D eigenvalue weighted by atomic mass is 35.5. The molecule has 3 N–H and O–H groups in total. The summed E-state index contributed by atoms with van der Waals surface area (Å²) in [6.07, 6.45) is 6.48. The normalized spacial score (nSPS) is 30.8. The molecule has 4 heteroatoms. The molecule has 2 nitrogen and oxygen atoms in total. The second kappa shape index (κ2) is 5.61. The third-order valence-electron chi connectivity index (χ3n) is 4.96. The highest BCUT2D eigenvalue weighted by Crippen LogP contribution is 2.49.